The predicted octanol–water partition coefficient (Wildman–Crippen LogP) is 20.0. The van der Waals surface area contributed by atoms with Crippen LogP contribution in [0.15, 0.2) is 144 Å². The summed E-state index contributed by atoms with van der Waals surface area (Å²) in [5.74, 6) is -3.72. The second-order valence-electron chi connectivity index (χ2n) is 23.2. The van der Waals surface area contributed by atoms with E-state index in [2.05, 4.69) is 146 Å². The number of carbonyl (C=O) groups excluding carboxylic acids is 3. The molecule has 0 unspecified atom stereocenters. The van der Waals surface area contributed by atoms with Gasteiger partial charge in [0.15, 0.2) is 47.0 Å². The number of aryl methyl sites for hydroxylation is 2. The lowest BCUT2D eigenvalue weighted by molar-refractivity contribution is -0.169. The number of carboxylic acid groups (broad SMARTS) is 1. The van der Waals surface area contributed by atoms with E-state index in [1.807, 2.05) is 12.1 Å². The van der Waals surface area contributed by atoms with E-state index in [1.165, 1.54) is 60.7 Å². The molecule has 2 saturated heterocycles. The first-order valence-corrected chi connectivity index (χ1v) is 37.7. The summed E-state index contributed by atoms with van der Waals surface area (Å²) < 4.78 is 117. The number of benzene rings is 6. The number of fused-ring (bicyclic) bond motifs is 5. The number of rotatable bonds is 9. The number of aromatic carboxylic acids is 1. The molecule has 570 valence electrons. The summed E-state index contributed by atoms with van der Waals surface area (Å²) in [6.07, 6.45) is 1.96. The van der Waals surface area contributed by atoms with Crippen LogP contribution in [-0.4, -0.2) is 120 Å². The van der Waals surface area contributed by atoms with Gasteiger partial charge in [-0.3, -0.25) is 9.59 Å². The lowest BCUT2D eigenvalue weighted by Gasteiger charge is -2.38. The molecule has 110 heavy (non-hydrogen) atoms. The highest BCUT2D eigenvalue weighted by Crippen LogP contribution is 2.40. The number of hydrogen-bond donors (Lipinski definition) is 3. The van der Waals surface area contributed by atoms with Gasteiger partial charge in [0.2, 0.25) is 0 Å². The third-order valence-electron chi connectivity index (χ3n) is 15.7. The molecule has 0 amide bonds. The molecular formula is C72H50Br6Cl3F6N11O12. The minimum Gasteiger partial charge on any atom is -0.478 e. The number of carboxylic acids is 1. The van der Waals surface area contributed by atoms with Crippen LogP contribution in [0.3, 0.4) is 0 Å². The van der Waals surface area contributed by atoms with E-state index in [1.54, 1.807) is 58.0 Å². The largest absolute Gasteiger partial charge is 0.478 e. The molecule has 2 fully saturated rings. The Kier molecular flexibility index (Phi) is 28.0. The summed E-state index contributed by atoms with van der Waals surface area (Å²) in [7, 11) is 0. The number of anilines is 2. The standard InChI is InChI=1S/C19H18BrFN4O3.C12H6BrClFN3O.C12H8BrClFNO2.C12H9BrFNO3.C10H4BrClFNO2.C7H5BrFNO/c1-11-22-18(28-24-11)14-9-12-8-13(20)10-15(21)16(12)23-17(14)25-4-2-19(3-5-25)26-6-7-27-19;1-5-16-12(19-18-5)8-3-6-2-7(13)4-9(15)10(6)17-11(8)14;1-2-18-12(17)8-4-6-3-7(13)5-9(15)10(6)16-11(8)14;1-2-18-12(17)8-4-6-3-7(13)5-9(14)10(6)15-11(8)16;11-5-1-4-2-6(10(15)16)9(12)14-8(4)7(13)3-5;8-5-1-4(3-11)7(10)6(9)2-5/h8-10H,2-7H2,1H3;2-4H,1H3;3-5H,2H2,1H3;3-5H,2H2,1H3,(H,15,16);1-3H,(H,15,16);1-3H,10H2. The number of piperidine rings is 1. The summed E-state index contributed by atoms with van der Waals surface area (Å²) in [6, 6.07) is 25.2. The van der Waals surface area contributed by atoms with Gasteiger partial charge in [0.25, 0.3) is 17.3 Å². The Balaban J connectivity index is 0.000000143. The number of esters is 2. The number of carbonyl (C=O) groups is 4. The molecule has 0 saturated carbocycles. The highest BCUT2D eigenvalue weighted by molar-refractivity contribution is 9.11. The zero-order valence-corrected chi connectivity index (χ0v) is 68.5. The van der Waals surface area contributed by atoms with Crippen molar-refractivity contribution in [2.24, 2.45) is 0 Å². The van der Waals surface area contributed by atoms with Crippen molar-refractivity contribution in [3.05, 3.63) is 225 Å². The van der Waals surface area contributed by atoms with Gasteiger partial charge in [-0.15, -0.1) is 0 Å². The molecule has 1 spiro atoms. The molecule has 7 aromatic heterocycles. The second kappa shape index (κ2) is 36.7. The van der Waals surface area contributed by atoms with Gasteiger partial charge in [-0.2, -0.15) is 9.97 Å². The van der Waals surface area contributed by atoms with Gasteiger partial charge in [0.05, 0.1) is 59.9 Å². The molecule has 0 aliphatic carbocycles. The van der Waals surface area contributed by atoms with Crippen molar-refractivity contribution in [3.8, 4) is 22.9 Å². The minimum atomic E-state index is -1.19. The van der Waals surface area contributed by atoms with Gasteiger partial charge in [0, 0.05) is 85.3 Å². The van der Waals surface area contributed by atoms with Crippen LogP contribution in [0.5, 0.6) is 0 Å². The van der Waals surface area contributed by atoms with Crippen LogP contribution in [0.25, 0.3) is 77.4 Å². The van der Waals surface area contributed by atoms with E-state index in [0.717, 1.165) is 12.8 Å². The van der Waals surface area contributed by atoms with Crippen molar-refractivity contribution in [1.82, 2.24) is 45.2 Å². The number of H-pyrrole nitrogens is 1. The Morgan fingerprint density at radius 2 is 0.927 bits per heavy atom. The first-order chi connectivity index (χ1) is 52.3. The molecule has 13 aromatic rings. The third kappa shape index (κ3) is 20.2. The molecule has 4 N–H and O–H groups in total. The zero-order chi connectivity index (χ0) is 79.7. The van der Waals surface area contributed by atoms with Crippen molar-refractivity contribution in [2.45, 2.75) is 46.3 Å². The number of hydrogen-bond acceptors (Lipinski definition) is 21. The van der Waals surface area contributed by atoms with Gasteiger partial charge >= 0.3 is 17.9 Å². The number of nitrogens with zero attached hydrogens (tertiary/aromatic N) is 9. The Labute approximate surface area is 682 Å². The van der Waals surface area contributed by atoms with Crippen LogP contribution in [-0.2, 0) is 18.9 Å². The van der Waals surface area contributed by atoms with Crippen LogP contribution in [0.1, 0.15) is 79.8 Å². The SMILES string of the molecule is CCOC(=O)c1cc2cc(Br)cc(F)c2[nH]c1=O.CCOC(=O)c1cc2cc(Br)cc(F)c2nc1Cl.Cc1noc(-c2cc3cc(Br)cc(F)c3nc2Cl)n1.Cc1noc(-c2cc3cc(Br)cc(F)c3nc2N2CCC3(CC2)OCCO3)n1.Nc1c(F)cc(Br)cc1C=O.O=C(O)c1cc2cc(Br)cc(F)c2nc1Cl. The average molecular weight is 1960 g/mol. The Bertz CT molecular complexity index is 5830. The molecule has 2 aliphatic rings. The molecule has 23 nitrogen and oxygen atoms in total. The Morgan fingerprint density at radius 1 is 0.536 bits per heavy atom. The predicted molar refractivity (Wildman–Crippen MR) is 420 cm³/mol. The number of halogens is 15. The first kappa shape index (κ1) is 83.8. The molecular weight excluding hydrogens is 1910 g/mol. The highest BCUT2D eigenvalue weighted by atomic mass is 79.9. The first-order valence-electron chi connectivity index (χ1n) is 31.9. The quantitative estimate of drug-likeness (QED) is 0.0397. The molecule has 2 aliphatic heterocycles. The Morgan fingerprint density at radius 3 is 1.39 bits per heavy atom. The molecule has 9 heterocycles. The smallest absolute Gasteiger partial charge is 0.343 e. The summed E-state index contributed by atoms with van der Waals surface area (Å²) in [5.41, 5.74) is 6.39. The lowest BCUT2D eigenvalue weighted by Crippen LogP contribution is -2.45. The summed E-state index contributed by atoms with van der Waals surface area (Å²) >= 11 is 36.6. The number of nitrogens with two attached hydrogens (primary N) is 1. The maximum absolute atomic E-state index is 14.6. The van der Waals surface area contributed by atoms with E-state index < -0.39 is 58.3 Å². The molecule has 0 bridgehead atoms. The van der Waals surface area contributed by atoms with Crippen molar-refractivity contribution >= 4 is 221 Å². The summed E-state index contributed by atoms with van der Waals surface area (Å²) in [5, 5.41) is 18.8. The van der Waals surface area contributed by atoms with Crippen molar-refractivity contribution < 1.29 is 78.6 Å². The second-order valence-corrected chi connectivity index (χ2v) is 29.8. The maximum Gasteiger partial charge on any atom is 0.343 e. The monoisotopic (exact) mass is 1950 g/mol. The van der Waals surface area contributed by atoms with Gasteiger partial charge < -0.3 is 48.7 Å². The van der Waals surface area contributed by atoms with E-state index in [-0.39, 0.29) is 90.4 Å². The van der Waals surface area contributed by atoms with Gasteiger partial charge in [-0.1, -0.05) is 141 Å². The van der Waals surface area contributed by atoms with E-state index >= 15 is 0 Å². The summed E-state index contributed by atoms with van der Waals surface area (Å²) in [6.45, 7) is 9.81. The fraction of sp³-hybridized carbons (Fsp3) is 0.181. The van der Waals surface area contributed by atoms with Gasteiger partial charge in [-0.05, 0) is 131 Å². The number of pyridine rings is 5. The highest BCUT2D eigenvalue weighted by Gasteiger charge is 2.41. The normalized spacial score (nSPS) is 12.8. The number of ether oxygens (including phenoxy) is 4. The van der Waals surface area contributed by atoms with Gasteiger partial charge in [-0.25, -0.2) is 60.7 Å². The number of aldehydes is 1. The molecule has 0 atom stereocenters. The fourth-order valence-electron chi connectivity index (χ4n) is 10.8. The molecule has 0 radical (unpaired) electrons. The van der Waals surface area contributed by atoms with Crippen molar-refractivity contribution in [1.29, 1.82) is 0 Å². The van der Waals surface area contributed by atoms with Crippen LogP contribution in [0.2, 0.25) is 15.5 Å². The summed E-state index contributed by atoms with van der Waals surface area (Å²) in [4.78, 5) is 85.1. The maximum atomic E-state index is 14.6. The van der Waals surface area contributed by atoms with Crippen LogP contribution in [0.4, 0.5) is 37.8 Å². The fourth-order valence-corrected chi connectivity index (χ4v) is 14.1. The van der Waals surface area contributed by atoms with E-state index in [9.17, 15) is 50.3 Å². The minimum absolute atomic E-state index is 0.0539. The van der Waals surface area contributed by atoms with Crippen LogP contribution < -0.4 is 16.2 Å². The zero-order valence-electron chi connectivity index (χ0n) is 56.8. The topological polar surface area (TPSA) is 317 Å². The van der Waals surface area contributed by atoms with Crippen LogP contribution in [0, 0.1) is 48.8 Å². The number of nitrogens with one attached hydrogen (secondary N) is 1. The van der Waals surface area contributed by atoms with E-state index in [4.69, 9.17) is 73.6 Å². The molecule has 38 heteroatoms. The van der Waals surface area contributed by atoms with E-state index in [0.29, 0.717) is 126 Å². The van der Waals surface area contributed by atoms with Gasteiger partial charge in [0.1, 0.15) is 60.5 Å². The molecule has 15 rings (SSSR count). The third-order valence-corrected chi connectivity index (χ3v) is 19.3. The number of aromatic amines is 1. The van der Waals surface area contributed by atoms with Crippen molar-refractivity contribution in [2.75, 3.05) is 50.2 Å². The lowest BCUT2D eigenvalue weighted by atomic mass is 10.0. The van der Waals surface area contributed by atoms with Crippen LogP contribution >= 0.6 is 130 Å². The number of aromatic nitrogens is 9. The Hall–Kier alpha value is -8.62. The average Bonchev–Trinajstić information content (AvgIpc) is 1.33. The molecule has 6 aromatic carbocycles. The number of nitrogen functional groups attached to an aromatic ring is 1. The van der Waals surface area contributed by atoms with Crippen molar-refractivity contribution in [3.63, 3.8) is 0 Å².